The lowest BCUT2D eigenvalue weighted by Crippen LogP contribution is -2.49. The van der Waals surface area contributed by atoms with Gasteiger partial charge in [0.1, 0.15) is 11.6 Å². The first-order valence-corrected chi connectivity index (χ1v) is 11.6. The fraction of sp³-hybridized carbons (Fsp3) is 0.478. The summed E-state index contributed by atoms with van der Waals surface area (Å²) in [5.74, 6) is 1.00. The van der Waals surface area contributed by atoms with E-state index in [0.717, 1.165) is 50.3 Å². The van der Waals surface area contributed by atoms with Crippen LogP contribution in [0.15, 0.2) is 30.5 Å². The lowest BCUT2D eigenvalue weighted by molar-refractivity contribution is 0.0996. The van der Waals surface area contributed by atoms with Crippen LogP contribution in [0.25, 0.3) is 0 Å². The third-order valence-corrected chi connectivity index (χ3v) is 6.14. The predicted octanol–water partition coefficient (Wildman–Crippen LogP) is 1.38. The molecule has 4 rings (SSSR count). The molecular formula is C23H32N8O3. The number of amides is 3. The molecule has 1 aromatic carbocycles. The molecule has 1 atom stereocenters. The highest BCUT2D eigenvalue weighted by molar-refractivity contribution is 5.96. The molecule has 1 aromatic heterocycles. The number of aromatic nitrogens is 2. The molecule has 3 amide bonds. The fourth-order valence-corrected chi connectivity index (χ4v) is 4.27. The average molecular weight is 469 g/mol. The SMILES string of the molecule is CN1CCN(C2CCCN(c3cnc(C(N)=O)c(Nc4ccc(OCCCN)cc4)n3)C2)C1=O. The zero-order valence-electron chi connectivity index (χ0n) is 19.4. The Morgan fingerprint density at radius 3 is 2.71 bits per heavy atom. The van der Waals surface area contributed by atoms with Crippen molar-refractivity contribution in [1.82, 2.24) is 19.8 Å². The molecule has 0 bridgehead atoms. The van der Waals surface area contributed by atoms with Crippen LogP contribution in [0.4, 0.5) is 22.1 Å². The first kappa shape index (κ1) is 23.6. The van der Waals surface area contributed by atoms with Crippen LogP contribution in [-0.4, -0.2) is 84.1 Å². The van der Waals surface area contributed by atoms with E-state index < -0.39 is 5.91 Å². The van der Waals surface area contributed by atoms with Gasteiger partial charge in [-0.1, -0.05) is 0 Å². The molecule has 0 aliphatic carbocycles. The van der Waals surface area contributed by atoms with Crippen LogP contribution < -0.4 is 26.4 Å². The van der Waals surface area contributed by atoms with Gasteiger partial charge in [-0.3, -0.25) is 4.79 Å². The Kier molecular flexibility index (Phi) is 7.31. The number of hydrogen-bond donors (Lipinski definition) is 3. The van der Waals surface area contributed by atoms with Gasteiger partial charge in [0.05, 0.1) is 18.8 Å². The van der Waals surface area contributed by atoms with E-state index in [1.54, 1.807) is 11.1 Å². The third-order valence-electron chi connectivity index (χ3n) is 6.14. The van der Waals surface area contributed by atoms with Crippen LogP contribution in [0, 0.1) is 0 Å². The molecule has 5 N–H and O–H groups in total. The highest BCUT2D eigenvalue weighted by Gasteiger charge is 2.34. The van der Waals surface area contributed by atoms with Gasteiger partial charge in [-0.2, -0.15) is 0 Å². The Morgan fingerprint density at radius 1 is 1.24 bits per heavy atom. The minimum absolute atomic E-state index is 0.0666. The van der Waals surface area contributed by atoms with Crippen LogP contribution in [0.2, 0.25) is 0 Å². The number of nitrogens with two attached hydrogens (primary N) is 2. The van der Waals surface area contributed by atoms with E-state index in [-0.39, 0.29) is 17.8 Å². The molecule has 34 heavy (non-hydrogen) atoms. The van der Waals surface area contributed by atoms with Crippen molar-refractivity contribution in [3.05, 3.63) is 36.2 Å². The van der Waals surface area contributed by atoms with E-state index in [2.05, 4.69) is 20.2 Å². The molecule has 0 saturated carbocycles. The van der Waals surface area contributed by atoms with Gasteiger partial charge in [0, 0.05) is 38.9 Å². The monoisotopic (exact) mass is 468 g/mol. The first-order valence-electron chi connectivity index (χ1n) is 11.6. The number of benzene rings is 1. The van der Waals surface area contributed by atoms with Gasteiger partial charge in [0.25, 0.3) is 5.91 Å². The summed E-state index contributed by atoms with van der Waals surface area (Å²) in [5, 5.41) is 3.16. The molecule has 3 heterocycles. The number of likely N-dealkylation sites (N-methyl/N-ethyl adjacent to an activating group) is 1. The summed E-state index contributed by atoms with van der Waals surface area (Å²) in [4.78, 5) is 39.2. The van der Waals surface area contributed by atoms with Crippen LogP contribution >= 0.6 is 0 Å². The molecule has 11 nitrogen and oxygen atoms in total. The topological polar surface area (TPSA) is 143 Å². The lowest BCUT2D eigenvalue weighted by atomic mass is 10.0. The second-order valence-corrected chi connectivity index (χ2v) is 8.57. The third kappa shape index (κ3) is 5.30. The van der Waals surface area contributed by atoms with Gasteiger partial charge in [0.2, 0.25) is 0 Å². The smallest absolute Gasteiger partial charge is 0.320 e. The van der Waals surface area contributed by atoms with Gasteiger partial charge >= 0.3 is 6.03 Å². The number of primary amides is 1. The number of nitrogens with one attached hydrogen (secondary N) is 1. The highest BCUT2D eigenvalue weighted by Crippen LogP contribution is 2.26. The summed E-state index contributed by atoms with van der Waals surface area (Å²) in [6.45, 7) is 4.07. The van der Waals surface area contributed by atoms with Crippen molar-refractivity contribution < 1.29 is 14.3 Å². The molecule has 2 aromatic rings. The number of carbonyl (C=O) groups excluding carboxylic acids is 2. The minimum atomic E-state index is -0.662. The number of rotatable bonds is 9. The molecule has 2 fully saturated rings. The zero-order chi connectivity index (χ0) is 24.1. The maximum Gasteiger partial charge on any atom is 0.320 e. The number of nitrogens with zero attached hydrogens (tertiary/aromatic N) is 5. The van der Waals surface area contributed by atoms with Gasteiger partial charge < -0.3 is 36.2 Å². The van der Waals surface area contributed by atoms with Crippen molar-refractivity contribution in [3.63, 3.8) is 0 Å². The maximum atomic E-state index is 12.5. The number of anilines is 3. The maximum absolute atomic E-state index is 12.5. The van der Waals surface area contributed by atoms with Gasteiger partial charge in [-0.25, -0.2) is 14.8 Å². The summed E-state index contributed by atoms with van der Waals surface area (Å²) >= 11 is 0. The molecule has 1 unspecified atom stereocenters. The van der Waals surface area contributed by atoms with E-state index in [4.69, 9.17) is 16.2 Å². The Hall–Kier alpha value is -3.60. The number of hydrogen-bond acceptors (Lipinski definition) is 8. The predicted molar refractivity (Wildman–Crippen MR) is 129 cm³/mol. The van der Waals surface area contributed by atoms with Crippen molar-refractivity contribution in [3.8, 4) is 5.75 Å². The Labute approximate surface area is 199 Å². The Balaban J connectivity index is 1.49. The van der Waals surface area contributed by atoms with Crippen molar-refractivity contribution in [2.75, 3.05) is 56.6 Å². The standard InChI is InChI=1S/C23H32N8O3/c1-29-11-12-31(23(29)33)17-4-2-10-30(15-17)19-14-26-20(21(25)32)22(28-19)27-16-5-7-18(8-6-16)34-13-3-9-24/h5-8,14,17H,2-4,9-13,15,24H2,1H3,(H2,25,32)(H,27,28). The fourth-order valence-electron chi connectivity index (χ4n) is 4.27. The molecule has 182 valence electrons. The Morgan fingerprint density at radius 2 is 2.03 bits per heavy atom. The van der Waals surface area contributed by atoms with E-state index in [0.29, 0.717) is 31.3 Å². The van der Waals surface area contributed by atoms with Gasteiger partial charge in [-0.05, 0) is 50.1 Å². The second-order valence-electron chi connectivity index (χ2n) is 8.57. The molecule has 2 saturated heterocycles. The zero-order valence-corrected chi connectivity index (χ0v) is 19.4. The van der Waals surface area contributed by atoms with Crippen molar-refractivity contribution >= 4 is 29.3 Å². The summed E-state index contributed by atoms with van der Waals surface area (Å²) in [6, 6.07) is 7.53. The van der Waals surface area contributed by atoms with Crippen molar-refractivity contribution in [2.45, 2.75) is 25.3 Å². The largest absolute Gasteiger partial charge is 0.494 e. The van der Waals surface area contributed by atoms with E-state index in [1.165, 1.54) is 0 Å². The van der Waals surface area contributed by atoms with Crippen LogP contribution in [0.5, 0.6) is 5.75 Å². The first-order chi connectivity index (χ1) is 16.5. The number of carbonyl (C=O) groups is 2. The second kappa shape index (κ2) is 10.6. The van der Waals surface area contributed by atoms with E-state index in [9.17, 15) is 9.59 Å². The summed E-state index contributed by atoms with van der Waals surface area (Å²) < 4.78 is 5.63. The summed E-state index contributed by atoms with van der Waals surface area (Å²) in [5.41, 5.74) is 11.8. The van der Waals surface area contributed by atoms with Crippen LogP contribution in [-0.2, 0) is 0 Å². The molecular weight excluding hydrogens is 436 g/mol. The Bertz CT molecular complexity index is 1020. The van der Waals surface area contributed by atoms with Crippen LogP contribution in [0.1, 0.15) is 29.8 Å². The van der Waals surface area contributed by atoms with Crippen molar-refractivity contribution in [1.29, 1.82) is 0 Å². The highest BCUT2D eigenvalue weighted by atomic mass is 16.5. The average Bonchev–Trinajstić information content (AvgIpc) is 3.18. The lowest BCUT2D eigenvalue weighted by Gasteiger charge is -2.37. The van der Waals surface area contributed by atoms with Crippen LogP contribution in [0.3, 0.4) is 0 Å². The van der Waals surface area contributed by atoms with Gasteiger partial charge in [-0.15, -0.1) is 0 Å². The molecule has 0 radical (unpaired) electrons. The quantitative estimate of drug-likeness (QED) is 0.469. The summed E-state index contributed by atoms with van der Waals surface area (Å²) in [6.07, 6.45) is 4.24. The number of ether oxygens (including phenoxy) is 1. The van der Waals surface area contributed by atoms with E-state index in [1.807, 2.05) is 36.2 Å². The number of urea groups is 1. The summed E-state index contributed by atoms with van der Waals surface area (Å²) in [7, 11) is 1.83. The molecule has 2 aliphatic heterocycles. The molecule has 2 aliphatic rings. The van der Waals surface area contributed by atoms with Crippen molar-refractivity contribution in [2.24, 2.45) is 11.5 Å². The van der Waals surface area contributed by atoms with Gasteiger partial charge in [0.15, 0.2) is 11.5 Å². The van der Waals surface area contributed by atoms with E-state index >= 15 is 0 Å². The minimum Gasteiger partial charge on any atom is -0.494 e. The number of piperidine rings is 1. The molecule has 11 heteroatoms. The normalized spacial score (nSPS) is 18.4. The molecule has 0 spiro atoms.